The van der Waals surface area contributed by atoms with E-state index in [0.717, 1.165) is 11.3 Å². The molecule has 1 aromatic carbocycles. The molecule has 3 rings (SSSR count). The first-order chi connectivity index (χ1) is 9.67. The summed E-state index contributed by atoms with van der Waals surface area (Å²) in [6, 6.07) is 9.44. The Kier molecular flexibility index (Phi) is 2.88. The van der Waals surface area contributed by atoms with Gasteiger partial charge in [0.25, 0.3) is 5.56 Å². The highest BCUT2D eigenvalue weighted by Crippen LogP contribution is 2.28. The number of hydrogen-bond acceptors (Lipinski definition) is 4. The third-order valence-electron chi connectivity index (χ3n) is 3.25. The number of rotatable bonds is 2. The summed E-state index contributed by atoms with van der Waals surface area (Å²) in [6.45, 7) is 0.291. The fourth-order valence-electron chi connectivity index (χ4n) is 2.30. The molecule has 2 heterocycles. The van der Waals surface area contributed by atoms with E-state index < -0.39 is 11.2 Å². The van der Waals surface area contributed by atoms with Crippen LogP contribution in [0.2, 0.25) is 0 Å². The lowest BCUT2D eigenvalue weighted by Crippen LogP contribution is -2.35. The molecule has 1 atom stereocenters. The number of benzene rings is 1. The average Bonchev–Trinajstić information content (AvgIpc) is 2.84. The minimum absolute atomic E-state index is 0.0832. The lowest BCUT2D eigenvalue weighted by Gasteiger charge is -2.12. The van der Waals surface area contributed by atoms with Gasteiger partial charge in [-0.15, -0.1) is 0 Å². The van der Waals surface area contributed by atoms with Crippen molar-refractivity contribution in [3.8, 4) is 11.8 Å². The van der Waals surface area contributed by atoms with E-state index in [4.69, 9.17) is 10.00 Å². The van der Waals surface area contributed by atoms with Gasteiger partial charge in [-0.25, -0.2) is 4.79 Å². The summed E-state index contributed by atoms with van der Waals surface area (Å²) in [7, 11) is 0. The highest BCUT2D eigenvalue weighted by Gasteiger charge is 2.23. The number of aromatic nitrogens is 2. The molecule has 0 amide bonds. The molecular weight excluding hydrogens is 258 g/mol. The number of fused-ring (bicyclic) bond motifs is 1. The fraction of sp³-hybridized carbons (Fsp3) is 0.214. The largest absolute Gasteiger partial charge is 0.488 e. The van der Waals surface area contributed by atoms with Gasteiger partial charge < -0.3 is 4.74 Å². The molecule has 1 N–H and O–H groups in total. The van der Waals surface area contributed by atoms with Crippen molar-refractivity contribution in [3.05, 3.63) is 62.4 Å². The molecule has 0 fully saturated rings. The number of ether oxygens (including phenoxy) is 1. The van der Waals surface area contributed by atoms with Crippen molar-refractivity contribution in [1.29, 1.82) is 5.26 Å². The summed E-state index contributed by atoms with van der Waals surface area (Å²) in [5.41, 5.74) is -0.187. The van der Waals surface area contributed by atoms with Crippen LogP contribution in [0.4, 0.5) is 0 Å². The van der Waals surface area contributed by atoms with Gasteiger partial charge in [-0.1, -0.05) is 18.2 Å². The SMILES string of the molecule is N#Cc1cn(CC2Cc3ccccc3O2)c(=O)[nH]c1=O. The third-order valence-corrected chi connectivity index (χ3v) is 3.25. The van der Waals surface area contributed by atoms with Crippen molar-refractivity contribution in [2.75, 3.05) is 0 Å². The van der Waals surface area contributed by atoms with Crippen molar-refractivity contribution >= 4 is 0 Å². The quantitative estimate of drug-likeness (QED) is 0.855. The van der Waals surface area contributed by atoms with E-state index in [-0.39, 0.29) is 11.7 Å². The maximum atomic E-state index is 11.7. The summed E-state index contributed by atoms with van der Waals surface area (Å²) >= 11 is 0. The summed E-state index contributed by atoms with van der Waals surface area (Å²) in [4.78, 5) is 25.2. The molecule has 0 saturated carbocycles. The lowest BCUT2D eigenvalue weighted by molar-refractivity contribution is 0.206. The molecule has 0 saturated heterocycles. The van der Waals surface area contributed by atoms with Crippen molar-refractivity contribution in [2.45, 2.75) is 19.1 Å². The van der Waals surface area contributed by atoms with E-state index in [0.29, 0.717) is 13.0 Å². The van der Waals surface area contributed by atoms with Crippen LogP contribution in [0.5, 0.6) is 5.75 Å². The Balaban J connectivity index is 1.86. The van der Waals surface area contributed by atoms with E-state index in [9.17, 15) is 9.59 Å². The number of aromatic amines is 1. The van der Waals surface area contributed by atoms with Gasteiger partial charge in [0, 0.05) is 12.6 Å². The van der Waals surface area contributed by atoms with Crippen LogP contribution in [0.3, 0.4) is 0 Å². The predicted octanol–water partition coefficient (Wildman–Crippen LogP) is 0.412. The number of H-pyrrole nitrogens is 1. The van der Waals surface area contributed by atoms with Gasteiger partial charge in [0.15, 0.2) is 0 Å². The fourth-order valence-corrected chi connectivity index (χ4v) is 2.30. The Morgan fingerprint density at radius 1 is 1.40 bits per heavy atom. The van der Waals surface area contributed by atoms with Crippen LogP contribution in [-0.4, -0.2) is 15.7 Å². The second-order valence-electron chi connectivity index (χ2n) is 4.62. The van der Waals surface area contributed by atoms with E-state index in [1.54, 1.807) is 6.07 Å². The summed E-state index contributed by atoms with van der Waals surface area (Å²) in [6.07, 6.45) is 1.79. The Morgan fingerprint density at radius 2 is 2.20 bits per heavy atom. The highest BCUT2D eigenvalue weighted by molar-refractivity contribution is 5.37. The van der Waals surface area contributed by atoms with Crippen LogP contribution in [0.15, 0.2) is 40.1 Å². The summed E-state index contributed by atoms with van der Waals surface area (Å²) in [5, 5.41) is 8.82. The highest BCUT2D eigenvalue weighted by atomic mass is 16.5. The minimum atomic E-state index is -0.663. The van der Waals surface area contributed by atoms with Crippen LogP contribution >= 0.6 is 0 Å². The molecule has 0 radical (unpaired) electrons. The lowest BCUT2D eigenvalue weighted by atomic mass is 10.1. The molecule has 1 aromatic heterocycles. The van der Waals surface area contributed by atoms with E-state index >= 15 is 0 Å². The molecular formula is C14H11N3O3. The van der Waals surface area contributed by atoms with E-state index in [1.807, 2.05) is 24.3 Å². The van der Waals surface area contributed by atoms with Gasteiger partial charge in [0.1, 0.15) is 23.5 Å². The zero-order valence-electron chi connectivity index (χ0n) is 10.5. The maximum absolute atomic E-state index is 11.7. The minimum Gasteiger partial charge on any atom is -0.488 e. The van der Waals surface area contributed by atoms with Gasteiger partial charge in [-0.3, -0.25) is 14.3 Å². The third kappa shape index (κ3) is 2.10. The molecule has 6 nitrogen and oxygen atoms in total. The van der Waals surface area contributed by atoms with Gasteiger partial charge in [0.2, 0.25) is 0 Å². The van der Waals surface area contributed by atoms with Gasteiger partial charge >= 0.3 is 5.69 Å². The Hall–Kier alpha value is -2.81. The Labute approximate surface area is 113 Å². The first kappa shape index (κ1) is 12.2. The van der Waals surface area contributed by atoms with E-state index in [2.05, 4.69) is 4.98 Å². The second kappa shape index (κ2) is 4.70. The number of hydrogen-bond donors (Lipinski definition) is 1. The smallest absolute Gasteiger partial charge is 0.328 e. The molecule has 1 aliphatic heterocycles. The van der Waals surface area contributed by atoms with Gasteiger partial charge in [-0.2, -0.15) is 5.26 Å². The van der Waals surface area contributed by atoms with Crippen LogP contribution in [0.25, 0.3) is 0 Å². The van der Waals surface area contributed by atoms with Crippen molar-refractivity contribution in [2.24, 2.45) is 0 Å². The predicted molar refractivity (Wildman–Crippen MR) is 70.6 cm³/mol. The van der Waals surface area contributed by atoms with Crippen LogP contribution in [0.1, 0.15) is 11.1 Å². The molecule has 1 unspecified atom stereocenters. The van der Waals surface area contributed by atoms with Gasteiger partial charge in [-0.05, 0) is 11.6 Å². The Bertz CT molecular complexity index is 788. The monoisotopic (exact) mass is 269 g/mol. The van der Waals surface area contributed by atoms with Gasteiger partial charge in [0.05, 0.1) is 6.54 Å². The van der Waals surface area contributed by atoms with Crippen LogP contribution in [0, 0.1) is 11.3 Å². The topological polar surface area (TPSA) is 87.9 Å². The number of para-hydroxylation sites is 1. The molecule has 0 spiro atoms. The van der Waals surface area contributed by atoms with Crippen molar-refractivity contribution in [3.63, 3.8) is 0 Å². The standard InChI is InChI=1S/C14H11N3O3/c15-6-10-7-17(14(19)16-13(10)18)8-11-5-9-3-1-2-4-12(9)20-11/h1-4,7,11H,5,8H2,(H,16,18,19). The van der Waals surface area contributed by atoms with Crippen molar-refractivity contribution in [1.82, 2.24) is 9.55 Å². The van der Waals surface area contributed by atoms with Crippen LogP contribution in [-0.2, 0) is 13.0 Å². The molecule has 0 bridgehead atoms. The molecule has 0 aliphatic carbocycles. The number of nitrogens with zero attached hydrogens (tertiary/aromatic N) is 2. The number of nitriles is 1. The number of nitrogens with one attached hydrogen (secondary N) is 1. The zero-order valence-corrected chi connectivity index (χ0v) is 10.5. The molecule has 6 heteroatoms. The average molecular weight is 269 g/mol. The first-order valence-electron chi connectivity index (χ1n) is 6.16. The molecule has 100 valence electrons. The Morgan fingerprint density at radius 3 is 2.95 bits per heavy atom. The second-order valence-corrected chi connectivity index (χ2v) is 4.62. The zero-order chi connectivity index (χ0) is 14.1. The molecule has 2 aromatic rings. The molecule has 1 aliphatic rings. The first-order valence-corrected chi connectivity index (χ1v) is 6.16. The maximum Gasteiger partial charge on any atom is 0.328 e. The van der Waals surface area contributed by atoms with Crippen LogP contribution < -0.4 is 16.0 Å². The normalized spacial score (nSPS) is 16.2. The summed E-state index contributed by atoms with van der Waals surface area (Å²) < 4.78 is 7.04. The molecule has 20 heavy (non-hydrogen) atoms. The van der Waals surface area contributed by atoms with Crippen molar-refractivity contribution < 1.29 is 4.74 Å². The summed E-state index contributed by atoms with van der Waals surface area (Å²) in [5.74, 6) is 0.815. The van der Waals surface area contributed by atoms with E-state index in [1.165, 1.54) is 10.8 Å².